The Labute approximate surface area is 182 Å². The van der Waals surface area contributed by atoms with Crippen molar-refractivity contribution >= 4 is 11.7 Å². The van der Waals surface area contributed by atoms with Gasteiger partial charge in [0.25, 0.3) is 0 Å². The first-order chi connectivity index (χ1) is 14.9. The van der Waals surface area contributed by atoms with Crippen LogP contribution in [0, 0.1) is 0 Å². The minimum absolute atomic E-state index is 0.0588. The lowest BCUT2D eigenvalue weighted by molar-refractivity contribution is -0.180. The number of hydrogen-bond acceptors (Lipinski definition) is 7. The Hall–Kier alpha value is -2.90. The number of hydrogen-bond donors (Lipinski definition) is 2. The summed E-state index contributed by atoms with van der Waals surface area (Å²) in [5, 5.41) is 13.6. The fraction of sp³-hybridized carbons (Fsp3) is 0.417. The van der Waals surface area contributed by atoms with Crippen molar-refractivity contribution < 1.29 is 24.1 Å². The zero-order valence-corrected chi connectivity index (χ0v) is 18.1. The van der Waals surface area contributed by atoms with E-state index in [9.17, 15) is 9.90 Å². The molecule has 1 fully saturated rings. The second-order valence-electron chi connectivity index (χ2n) is 8.23. The number of pyridine rings is 1. The van der Waals surface area contributed by atoms with E-state index in [0.29, 0.717) is 5.75 Å². The molecule has 0 saturated heterocycles. The van der Waals surface area contributed by atoms with Gasteiger partial charge in [-0.25, -0.2) is 9.78 Å². The standard InChI is InChI=1S/C24H28N2O5/c1-24(2)30-14-18-17(12-25-21(22(18)31-24)23(28)29-3)20(16-10-7-11-16)26-19(13-27)15-8-5-4-6-9-15/h4-6,8-9,12,19,26-27H,7,10-11,13-14H2,1-3H3. The van der Waals surface area contributed by atoms with E-state index in [4.69, 9.17) is 14.2 Å². The molecule has 1 aliphatic heterocycles. The van der Waals surface area contributed by atoms with Crippen molar-refractivity contribution in [3.05, 3.63) is 64.5 Å². The molecule has 2 N–H and O–H groups in total. The van der Waals surface area contributed by atoms with Gasteiger partial charge in [-0.15, -0.1) is 0 Å². The number of rotatable bonds is 6. The van der Waals surface area contributed by atoms with Gasteiger partial charge in [0.2, 0.25) is 5.79 Å². The molecule has 1 unspecified atom stereocenters. The maximum atomic E-state index is 12.3. The number of ether oxygens (including phenoxy) is 3. The quantitative estimate of drug-likeness (QED) is 0.683. The maximum absolute atomic E-state index is 12.3. The fourth-order valence-corrected chi connectivity index (χ4v) is 3.83. The molecule has 1 aromatic carbocycles. The molecular weight excluding hydrogens is 396 g/mol. The Bertz CT molecular complexity index is 995. The van der Waals surface area contributed by atoms with Gasteiger partial charge >= 0.3 is 5.97 Å². The van der Waals surface area contributed by atoms with E-state index in [1.807, 2.05) is 30.3 Å². The van der Waals surface area contributed by atoms with Gasteiger partial charge < -0.3 is 24.6 Å². The first-order valence-electron chi connectivity index (χ1n) is 10.5. The predicted octanol–water partition coefficient (Wildman–Crippen LogP) is 3.73. The van der Waals surface area contributed by atoms with Crippen molar-refractivity contribution in [1.29, 1.82) is 0 Å². The van der Waals surface area contributed by atoms with Crippen molar-refractivity contribution in [3.8, 4) is 5.75 Å². The zero-order valence-electron chi connectivity index (χ0n) is 18.1. The van der Waals surface area contributed by atoms with Crippen LogP contribution in [0.5, 0.6) is 5.75 Å². The second-order valence-corrected chi connectivity index (χ2v) is 8.23. The molecule has 0 spiro atoms. The highest BCUT2D eigenvalue weighted by molar-refractivity contribution is 5.92. The smallest absolute Gasteiger partial charge is 0.360 e. The monoisotopic (exact) mass is 424 g/mol. The summed E-state index contributed by atoms with van der Waals surface area (Å²) in [7, 11) is 1.32. The topological polar surface area (TPSA) is 89.9 Å². The summed E-state index contributed by atoms with van der Waals surface area (Å²) in [6.07, 6.45) is 4.72. The van der Waals surface area contributed by atoms with Crippen molar-refractivity contribution in [2.45, 2.75) is 51.5 Å². The van der Waals surface area contributed by atoms with E-state index in [1.54, 1.807) is 20.0 Å². The Morgan fingerprint density at radius 2 is 2.03 bits per heavy atom. The van der Waals surface area contributed by atoms with Crippen LogP contribution in [0.3, 0.4) is 0 Å². The largest absolute Gasteiger partial charge is 0.464 e. The lowest BCUT2D eigenvalue weighted by Gasteiger charge is -2.35. The molecule has 0 bridgehead atoms. The number of allylic oxidation sites excluding steroid dienone is 1. The summed E-state index contributed by atoms with van der Waals surface area (Å²) >= 11 is 0. The number of methoxy groups -OCH3 is 1. The van der Waals surface area contributed by atoms with Crippen molar-refractivity contribution in [2.24, 2.45) is 0 Å². The van der Waals surface area contributed by atoms with Crippen molar-refractivity contribution in [2.75, 3.05) is 13.7 Å². The number of fused-ring (bicyclic) bond motifs is 1. The van der Waals surface area contributed by atoms with Gasteiger partial charge in [0.1, 0.15) is 0 Å². The van der Waals surface area contributed by atoms with Crippen LogP contribution in [0.1, 0.15) is 66.3 Å². The molecule has 4 rings (SSSR count). The second kappa shape index (κ2) is 8.69. The molecule has 0 radical (unpaired) electrons. The van der Waals surface area contributed by atoms with Gasteiger partial charge in [0.05, 0.1) is 26.4 Å². The molecule has 164 valence electrons. The first-order valence-corrected chi connectivity index (χ1v) is 10.5. The Morgan fingerprint density at radius 3 is 2.65 bits per heavy atom. The zero-order chi connectivity index (χ0) is 22.0. The van der Waals surface area contributed by atoms with E-state index in [2.05, 4.69) is 10.3 Å². The third-order valence-electron chi connectivity index (χ3n) is 5.71. The summed E-state index contributed by atoms with van der Waals surface area (Å²) in [5.41, 5.74) is 4.88. The van der Waals surface area contributed by atoms with Gasteiger partial charge in [-0.1, -0.05) is 30.3 Å². The van der Waals surface area contributed by atoms with Crippen LogP contribution < -0.4 is 10.1 Å². The number of nitrogens with zero attached hydrogens (tertiary/aromatic N) is 1. The molecule has 2 heterocycles. The average Bonchev–Trinajstić information content (AvgIpc) is 2.74. The highest BCUT2D eigenvalue weighted by Gasteiger charge is 2.35. The van der Waals surface area contributed by atoms with Gasteiger partial charge in [0, 0.05) is 36.9 Å². The Kier molecular flexibility index (Phi) is 5.98. The third-order valence-corrected chi connectivity index (χ3v) is 5.71. The summed E-state index contributed by atoms with van der Waals surface area (Å²) < 4.78 is 16.8. The molecular formula is C24H28N2O5. The van der Waals surface area contributed by atoms with Gasteiger partial charge in [0.15, 0.2) is 11.4 Å². The molecule has 7 heteroatoms. The van der Waals surface area contributed by atoms with Gasteiger partial charge in [-0.3, -0.25) is 0 Å². The van der Waals surface area contributed by atoms with Crippen LogP contribution in [0.4, 0.5) is 0 Å². The number of aliphatic hydroxyl groups is 1. The molecule has 1 aromatic heterocycles. The first kappa shape index (κ1) is 21.3. The van der Waals surface area contributed by atoms with Crippen molar-refractivity contribution in [1.82, 2.24) is 10.3 Å². The van der Waals surface area contributed by atoms with E-state index in [-0.39, 0.29) is 24.9 Å². The Balaban J connectivity index is 1.79. The average molecular weight is 424 g/mol. The van der Waals surface area contributed by atoms with Crippen LogP contribution >= 0.6 is 0 Å². The van der Waals surface area contributed by atoms with Crippen LogP contribution in [-0.2, 0) is 16.1 Å². The SMILES string of the molecule is COC(=O)c1ncc(C(NC(CO)c2ccccc2)=C2CCC2)c2c1OC(C)(C)OC2. The Morgan fingerprint density at radius 1 is 1.29 bits per heavy atom. The third kappa shape index (κ3) is 4.29. The molecule has 7 nitrogen and oxygen atoms in total. The molecule has 1 aliphatic carbocycles. The number of benzene rings is 1. The molecule has 1 atom stereocenters. The van der Waals surface area contributed by atoms with E-state index < -0.39 is 11.8 Å². The maximum Gasteiger partial charge on any atom is 0.360 e. The van der Waals surface area contributed by atoms with Crippen LogP contribution in [-0.4, -0.2) is 35.6 Å². The van der Waals surface area contributed by atoms with Gasteiger partial charge in [-0.2, -0.15) is 0 Å². The van der Waals surface area contributed by atoms with Crippen molar-refractivity contribution in [3.63, 3.8) is 0 Å². The summed E-state index contributed by atoms with van der Waals surface area (Å²) in [6, 6.07) is 9.55. The molecule has 2 aromatic rings. The molecule has 31 heavy (non-hydrogen) atoms. The highest BCUT2D eigenvalue weighted by atomic mass is 16.7. The van der Waals surface area contributed by atoms with Crippen LogP contribution in [0.25, 0.3) is 5.70 Å². The minimum Gasteiger partial charge on any atom is -0.464 e. The number of aliphatic hydroxyl groups excluding tert-OH is 1. The molecule has 2 aliphatic rings. The summed E-state index contributed by atoms with van der Waals surface area (Å²) in [5.74, 6) is -1.05. The molecule has 0 amide bonds. The van der Waals surface area contributed by atoms with Crippen LogP contribution in [0.2, 0.25) is 0 Å². The fourth-order valence-electron chi connectivity index (χ4n) is 3.83. The van der Waals surface area contributed by atoms with E-state index >= 15 is 0 Å². The number of aromatic nitrogens is 1. The predicted molar refractivity (Wildman–Crippen MR) is 115 cm³/mol. The lowest BCUT2D eigenvalue weighted by Crippen LogP contribution is -2.37. The normalized spacial score (nSPS) is 17.6. The molecule has 1 saturated carbocycles. The summed E-state index contributed by atoms with van der Waals surface area (Å²) in [4.78, 5) is 16.7. The number of carbonyl (C=O) groups is 1. The van der Waals surface area contributed by atoms with E-state index in [0.717, 1.165) is 41.6 Å². The number of nitrogens with one attached hydrogen (secondary N) is 1. The lowest BCUT2D eigenvalue weighted by atomic mass is 9.86. The number of esters is 1. The minimum atomic E-state index is -0.884. The van der Waals surface area contributed by atoms with Gasteiger partial charge in [-0.05, 0) is 30.4 Å². The van der Waals surface area contributed by atoms with E-state index in [1.165, 1.54) is 12.7 Å². The van der Waals surface area contributed by atoms with Crippen LogP contribution in [0.15, 0.2) is 42.1 Å². The highest BCUT2D eigenvalue weighted by Crippen LogP contribution is 2.41. The summed E-state index contributed by atoms with van der Waals surface area (Å²) in [6.45, 7) is 3.81. The number of carbonyl (C=O) groups excluding carboxylic acids is 1.